The average Bonchev–Trinajstić information content (AvgIpc) is 2.80. The van der Waals surface area contributed by atoms with Gasteiger partial charge in [0.25, 0.3) is 5.91 Å². The van der Waals surface area contributed by atoms with E-state index in [9.17, 15) is 18.8 Å². The molecule has 0 bridgehead atoms. The molecule has 0 aliphatic carbocycles. The predicted molar refractivity (Wildman–Crippen MR) is 130 cm³/mol. The average molecular weight is 469 g/mol. The predicted octanol–water partition coefficient (Wildman–Crippen LogP) is 3.95. The minimum Gasteiger partial charge on any atom is -0.341 e. The van der Waals surface area contributed by atoms with Gasteiger partial charge >= 0.3 is 6.03 Å². The van der Waals surface area contributed by atoms with Gasteiger partial charge in [-0.25, -0.2) is 9.18 Å². The first kappa shape index (κ1) is 25.2. The summed E-state index contributed by atoms with van der Waals surface area (Å²) in [5, 5.41) is 8.34. The van der Waals surface area contributed by atoms with Gasteiger partial charge in [-0.05, 0) is 61.9 Å². The smallest absolute Gasteiger partial charge is 0.319 e. The number of hydrogen-bond acceptors (Lipinski definition) is 3. The molecule has 2 unspecified atom stereocenters. The van der Waals surface area contributed by atoms with Crippen LogP contribution < -0.4 is 16.0 Å². The Morgan fingerprint density at radius 3 is 2.59 bits per heavy atom. The molecule has 0 aromatic heterocycles. The van der Waals surface area contributed by atoms with Gasteiger partial charge in [0.1, 0.15) is 11.9 Å². The number of nitrogens with one attached hydrogen (secondary N) is 3. The molecule has 1 aliphatic rings. The molecule has 1 heterocycles. The third kappa shape index (κ3) is 7.04. The number of aryl methyl sites for hydroxylation is 1. The lowest BCUT2D eigenvalue weighted by Gasteiger charge is -2.36. The van der Waals surface area contributed by atoms with Crippen molar-refractivity contribution < 1.29 is 18.8 Å². The van der Waals surface area contributed by atoms with Crippen molar-refractivity contribution in [2.24, 2.45) is 11.8 Å². The van der Waals surface area contributed by atoms with Crippen LogP contribution in [0.3, 0.4) is 0 Å². The van der Waals surface area contributed by atoms with Crippen LogP contribution in [-0.4, -0.2) is 48.4 Å². The fourth-order valence-electron chi connectivity index (χ4n) is 4.13. The Morgan fingerprint density at radius 2 is 1.88 bits per heavy atom. The van der Waals surface area contributed by atoms with E-state index >= 15 is 0 Å². The van der Waals surface area contributed by atoms with Crippen LogP contribution in [0.25, 0.3) is 0 Å². The van der Waals surface area contributed by atoms with Crippen molar-refractivity contribution >= 4 is 23.5 Å². The minimum absolute atomic E-state index is 0.0724. The van der Waals surface area contributed by atoms with Gasteiger partial charge in [0.05, 0.1) is 0 Å². The molecule has 0 spiro atoms. The Balaban J connectivity index is 1.55. The van der Waals surface area contributed by atoms with E-state index in [2.05, 4.69) is 16.0 Å². The maximum absolute atomic E-state index is 13.3. The second-order valence-electron chi connectivity index (χ2n) is 9.20. The second kappa shape index (κ2) is 11.6. The van der Waals surface area contributed by atoms with E-state index in [-0.39, 0.29) is 23.7 Å². The molecule has 1 aliphatic heterocycles. The maximum atomic E-state index is 13.3. The Morgan fingerprint density at radius 1 is 1.12 bits per heavy atom. The fourth-order valence-corrected chi connectivity index (χ4v) is 4.13. The SMILES string of the molecule is Cc1cccc(C(=O)NC(C(=O)N2CCCC(CNC(=O)Nc3cccc(F)c3)C2)C(C)C)c1. The van der Waals surface area contributed by atoms with Crippen LogP contribution in [0.2, 0.25) is 0 Å². The number of halogens is 1. The number of nitrogens with zero attached hydrogens (tertiary/aromatic N) is 1. The van der Waals surface area contributed by atoms with E-state index in [1.54, 1.807) is 23.1 Å². The summed E-state index contributed by atoms with van der Waals surface area (Å²) in [5.74, 6) is -0.772. The van der Waals surface area contributed by atoms with E-state index < -0.39 is 17.9 Å². The monoisotopic (exact) mass is 468 g/mol. The normalized spacial score (nSPS) is 16.6. The number of amides is 4. The number of benzene rings is 2. The highest BCUT2D eigenvalue weighted by Crippen LogP contribution is 2.19. The summed E-state index contributed by atoms with van der Waals surface area (Å²) in [4.78, 5) is 40.0. The molecule has 4 amide bonds. The number of hydrogen-bond donors (Lipinski definition) is 3. The first-order valence-electron chi connectivity index (χ1n) is 11.7. The third-order valence-corrected chi connectivity index (χ3v) is 5.96. The Bertz CT molecular complexity index is 1030. The fraction of sp³-hybridized carbons (Fsp3) is 0.423. The largest absolute Gasteiger partial charge is 0.341 e. The topological polar surface area (TPSA) is 90.5 Å². The molecule has 34 heavy (non-hydrogen) atoms. The first-order chi connectivity index (χ1) is 16.2. The molecule has 2 aromatic rings. The third-order valence-electron chi connectivity index (χ3n) is 5.96. The van der Waals surface area contributed by atoms with Crippen molar-refractivity contribution in [3.8, 4) is 0 Å². The van der Waals surface area contributed by atoms with Crippen LogP contribution in [0.4, 0.5) is 14.9 Å². The van der Waals surface area contributed by atoms with E-state index in [0.717, 1.165) is 18.4 Å². The zero-order valence-corrected chi connectivity index (χ0v) is 19.9. The van der Waals surface area contributed by atoms with Crippen LogP contribution in [0, 0.1) is 24.6 Å². The van der Waals surface area contributed by atoms with Gasteiger partial charge in [-0.3, -0.25) is 9.59 Å². The molecule has 182 valence electrons. The quantitative estimate of drug-likeness (QED) is 0.575. The van der Waals surface area contributed by atoms with Crippen molar-refractivity contribution in [3.05, 3.63) is 65.5 Å². The van der Waals surface area contributed by atoms with Crippen molar-refractivity contribution in [2.45, 2.75) is 39.7 Å². The van der Waals surface area contributed by atoms with Gasteiger partial charge in [0, 0.05) is 30.9 Å². The number of rotatable bonds is 7. The summed E-state index contributed by atoms with van der Waals surface area (Å²) in [7, 11) is 0. The summed E-state index contributed by atoms with van der Waals surface area (Å²) < 4.78 is 13.3. The summed E-state index contributed by atoms with van der Waals surface area (Å²) >= 11 is 0. The lowest BCUT2D eigenvalue weighted by Crippen LogP contribution is -2.54. The number of likely N-dealkylation sites (tertiary alicyclic amines) is 1. The molecule has 2 atom stereocenters. The van der Waals surface area contributed by atoms with Crippen molar-refractivity contribution in [2.75, 3.05) is 25.0 Å². The van der Waals surface area contributed by atoms with Gasteiger partial charge < -0.3 is 20.9 Å². The highest BCUT2D eigenvalue weighted by molar-refractivity contribution is 5.97. The summed E-state index contributed by atoms with van der Waals surface area (Å²) in [6.07, 6.45) is 1.70. The first-order valence-corrected chi connectivity index (χ1v) is 11.7. The van der Waals surface area contributed by atoms with Crippen molar-refractivity contribution in [1.82, 2.24) is 15.5 Å². The zero-order chi connectivity index (χ0) is 24.7. The molecule has 2 aromatic carbocycles. The van der Waals surface area contributed by atoms with Crippen molar-refractivity contribution in [3.63, 3.8) is 0 Å². The maximum Gasteiger partial charge on any atom is 0.319 e. The molecule has 1 fully saturated rings. The summed E-state index contributed by atoms with van der Waals surface area (Å²) in [5.41, 5.74) is 1.89. The number of urea groups is 1. The molecule has 0 saturated carbocycles. The van der Waals surface area contributed by atoms with Crippen LogP contribution >= 0.6 is 0 Å². The summed E-state index contributed by atoms with van der Waals surface area (Å²) in [6.45, 7) is 7.27. The molecule has 0 radical (unpaired) electrons. The van der Waals surface area contributed by atoms with Crippen LogP contribution in [-0.2, 0) is 4.79 Å². The Kier molecular flexibility index (Phi) is 8.62. The molecular weight excluding hydrogens is 435 g/mol. The second-order valence-corrected chi connectivity index (χ2v) is 9.20. The highest BCUT2D eigenvalue weighted by atomic mass is 19.1. The van der Waals surface area contributed by atoms with Gasteiger partial charge in [-0.1, -0.05) is 37.6 Å². The van der Waals surface area contributed by atoms with E-state index in [1.807, 2.05) is 32.9 Å². The lowest BCUT2D eigenvalue weighted by atomic mass is 9.95. The summed E-state index contributed by atoms with van der Waals surface area (Å²) in [6, 6.07) is 11.9. The van der Waals surface area contributed by atoms with Crippen LogP contribution in [0.1, 0.15) is 42.6 Å². The van der Waals surface area contributed by atoms with E-state index in [0.29, 0.717) is 30.9 Å². The van der Waals surface area contributed by atoms with Crippen LogP contribution in [0.5, 0.6) is 0 Å². The molecule has 1 saturated heterocycles. The molecule has 3 N–H and O–H groups in total. The molecule has 8 heteroatoms. The van der Waals surface area contributed by atoms with Gasteiger partial charge in [0.2, 0.25) is 5.91 Å². The minimum atomic E-state index is -0.629. The Hall–Kier alpha value is -3.42. The molecule has 7 nitrogen and oxygen atoms in total. The van der Waals surface area contributed by atoms with Crippen LogP contribution in [0.15, 0.2) is 48.5 Å². The van der Waals surface area contributed by atoms with Gasteiger partial charge in [-0.2, -0.15) is 0 Å². The lowest BCUT2D eigenvalue weighted by molar-refractivity contribution is -0.136. The van der Waals surface area contributed by atoms with Gasteiger partial charge in [0.15, 0.2) is 0 Å². The Labute approximate surface area is 200 Å². The number of carbonyl (C=O) groups is 3. The number of carbonyl (C=O) groups excluding carboxylic acids is 3. The number of anilines is 1. The molecular formula is C26H33FN4O3. The zero-order valence-electron chi connectivity index (χ0n) is 19.9. The van der Waals surface area contributed by atoms with E-state index in [1.165, 1.54) is 18.2 Å². The molecule has 3 rings (SSSR count). The standard InChI is InChI=1S/C26H33FN4O3/c1-17(2)23(30-24(32)20-9-4-7-18(3)13-20)25(33)31-12-6-8-19(16-31)15-28-26(34)29-22-11-5-10-21(27)14-22/h4-5,7,9-11,13-14,17,19,23H,6,8,12,15-16H2,1-3H3,(H,30,32)(H2,28,29,34). The van der Waals surface area contributed by atoms with Crippen molar-refractivity contribution in [1.29, 1.82) is 0 Å². The van der Waals surface area contributed by atoms with Gasteiger partial charge in [-0.15, -0.1) is 0 Å². The highest BCUT2D eigenvalue weighted by Gasteiger charge is 2.32. The van der Waals surface area contributed by atoms with E-state index in [4.69, 9.17) is 0 Å². The number of piperidine rings is 1.